The molecule has 0 saturated heterocycles. The maximum atomic E-state index is 12.7. The zero-order chi connectivity index (χ0) is 20.5. The number of carbonyl (C=O) groups is 1. The summed E-state index contributed by atoms with van der Waals surface area (Å²) in [5, 5.41) is 8.90. The lowest BCUT2D eigenvalue weighted by atomic mass is 10.1. The molecule has 0 N–H and O–H groups in total. The van der Waals surface area contributed by atoms with E-state index in [-0.39, 0.29) is 18.9 Å². The second-order valence-corrected chi connectivity index (χ2v) is 7.36. The molecule has 0 heterocycles. The van der Waals surface area contributed by atoms with Crippen LogP contribution in [0.25, 0.3) is 11.1 Å². The van der Waals surface area contributed by atoms with E-state index in [0.29, 0.717) is 18.8 Å². The molecule has 0 aliphatic heterocycles. The molecule has 0 aliphatic rings. The summed E-state index contributed by atoms with van der Waals surface area (Å²) in [6.07, 6.45) is 0.286. The van der Waals surface area contributed by atoms with Crippen molar-refractivity contribution in [2.75, 3.05) is 13.2 Å². The number of rotatable bonds is 8. The summed E-state index contributed by atoms with van der Waals surface area (Å²) in [6, 6.07) is 27.7. The normalized spacial score (nSPS) is 10.2. The Morgan fingerprint density at radius 1 is 0.966 bits per heavy atom. The van der Waals surface area contributed by atoms with Crippen LogP contribution in [0, 0.1) is 11.3 Å². The summed E-state index contributed by atoms with van der Waals surface area (Å²) in [5.41, 5.74) is 3.20. The lowest BCUT2D eigenvalue weighted by molar-refractivity contribution is -0.133. The molecular formula is C24H21BrN2O2. The highest BCUT2D eigenvalue weighted by Crippen LogP contribution is 2.30. The molecule has 0 unspecified atom stereocenters. The largest absolute Gasteiger partial charge is 0.483 e. The van der Waals surface area contributed by atoms with Crippen molar-refractivity contribution < 1.29 is 9.53 Å². The minimum absolute atomic E-state index is 0.0818. The molecule has 0 atom stereocenters. The van der Waals surface area contributed by atoms with E-state index in [1.54, 1.807) is 4.90 Å². The fourth-order valence-corrected chi connectivity index (χ4v) is 3.43. The van der Waals surface area contributed by atoms with Crippen LogP contribution < -0.4 is 4.74 Å². The van der Waals surface area contributed by atoms with E-state index in [0.717, 1.165) is 21.2 Å². The van der Waals surface area contributed by atoms with Crippen molar-refractivity contribution in [2.24, 2.45) is 0 Å². The van der Waals surface area contributed by atoms with Crippen LogP contribution in [0.1, 0.15) is 12.0 Å². The Labute approximate surface area is 179 Å². The molecule has 3 aromatic rings. The van der Waals surface area contributed by atoms with Gasteiger partial charge in [-0.05, 0) is 44.8 Å². The number of hydrogen-bond donors (Lipinski definition) is 0. The predicted molar refractivity (Wildman–Crippen MR) is 117 cm³/mol. The monoisotopic (exact) mass is 448 g/mol. The minimum Gasteiger partial charge on any atom is -0.483 e. The van der Waals surface area contributed by atoms with E-state index in [9.17, 15) is 4.79 Å². The molecule has 0 fully saturated rings. The Hall–Kier alpha value is -3.10. The van der Waals surface area contributed by atoms with Crippen LogP contribution in [0.4, 0.5) is 0 Å². The highest BCUT2D eigenvalue weighted by atomic mass is 79.9. The molecule has 0 aromatic heterocycles. The first kappa shape index (κ1) is 20.6. The number of nitrogens with zero attached hydrogens (tertiary/aromatic N) is 2. The molecular weight excluding hydrogens is 428 g/mol. The summed E-state index contributed by atoms with van der Waals surface area (Å²) >= 11 is 3.53. The van der Waals surface area contributed by atoms with Crippen molar-refractivity contribution in [1.82, 2.24) is 4.90 Å². The molecule has 3 aromatic carbocycles. The van der Waals surface area contributed by atoms with Gasteiger partial charge in [-0.2, -0.15) is 5.26 Å². The van der Waals surface area contributed by atoms with Gasteiger partial charge in [0.15, 0.2) is 6.61 Å². The smallest absolute Gasteiger partial charge is 0.260 e. The molecule has 1 amide bonds. The molecule has 0 radical (unpaired) electrons. The summed E-state index contributed by atoms with van der Waals surface area (Å²) in [7, 11) is 0. The SMILES string of the molecule is N#CCCN(Cc1ccccc1)C(=O)COc1ccc(-c2ccccc2)cc1Br. The lowest BCUT2D eigenvalue weighted by Crippen LogP contribution is -2.35. The fraction of sp³-hybridized carbons (Fsp3) is 0.167. The number of nitriles is 1. The summed E-state index contributed by atoms with van der Waals surface area (Å²) in [4.78, 5) is 14.4. The molecule has 146 valence electrons. The Balaban J connectivity index is 1.65. The van der Waals surface area contributed by atoms with Crippen LogP contribution in [0.15, 0.2) is 83.3 Å². The first-order valence-electron chi connectivity index (χ1n) is 9.34. The summed E-state index contributed by atoms with van der Waals surface area (Å²) in [5.74, 6) is 0.459. The predicted octanol–water partition coefficient (Wildman–Crippen LogP) is 5.44. The summed E-state index contributed by atoms with van der Waals surface area (Å²) < 4.78 is 6.56. The highest BCUT2D eigenvalue weighted by Gasteiger charge is 2.15. The third-order valence-corrected chi connectivity index (χ3v) is 5.07. The van der Waals surface area contributed by atoms with Crippen molar-refractivity contribution in [2.45, 2.75) is 13.0 Å². The Bertz CT molecular complexity index is 985. The van der Waals surface area contributed by atoms with Crippen molar-refractivity contribution in [3.05, 3.63) is 88.9 Å². The van der Waals surface area contributed by atoms with Crippen LogP contribution in [0.3, 0.4) is 0 Å². The molecule has 0 saturated carbocycles. The van der Waals surface area contributed by atoms with Gasteiger partial charge in [0.1, 0.15) is 5.75 Å². The van der Waals surface area contributed by atoms with E-state index in [2.05, 4.69) is 22.0 Å². The van der Waals surface area contributed by atoms with Gasteiger partial charge in [-0.25, -0.2) is 0 Å². The van der Waals surface area contributed by atoms with Crippen molar-refractivity contribution in [1.29, 1.82) is 5.26 Å². The second-order valence-electron chi connectivity index (χ2n) is 6.51. The topological polar surface area (TPSA) is 53.3 Å². The number of amides is 1. The van der Waals surface area contributed by atoms with E-state index >= 15 is 0 Å². The standard InChI is InChI=1S/C24H21BrN2O2/c25-22-16-21(20-10-5-2-6-11-20)12-13-23(22)29-18-24(28)27(15-7-14-26)17-19-8-3-1-4-9-19/h1-6,8-13,16H,7,15,17-18H2. The fourth-order valence-electron chi connectivity index (χ4n) is 2.94. The maximum absolute atomic E-state index is 12.7. The van der Waals surface area contributed by atoms with Crippen LogP contribution in [-0.2, 0) is 11.3 Å². The molecule has 0 bridgehead atoms. The van der Waals surface area contributed by atoms with Gasteiger partial charge in [-0.3, -0.25) is 4.79 Å². The van der Waals surface area contributed by atoms with Crippen molar-refractivity contribution in [3.8, 4) is 22.9 Å². The number of halogens is 1. The zero-order valence-corrected chi connectivity index (χ0v) is 17.5. The maximum Gasteiger partial charge on any atom is 0.260 e. The van der Waals surface area contributed by atoms with Gasteiger partial charge in [0.2, 0.25) is 0 Å². The number of ether oxygens (including phenoxy) is 1. The van der Waals surface area contributed by atoms with E-state index in [4.69, 9.17) is 10.00 Å². The first-order valence-corrected chi connectivity index (χ1v) is 10.1. The minimum atomic E-state index is -0.150. The van der Waals surface area contributed by atoms with Gasteiger partial charge in [0.05, 0.1) is 17.0 Å². The van der Waals surface area contributed by atoms with Gasteiger partial charge in [0.25, 0.3) is 5.91 Å². The molecule has 3 rings (SSSR count). The Morgan fingerprint density at radius 2 is 1.66 bits per heavy atom. The number of benzene rings is 3. The lowest BCUT2D eigenvalue weighted by Gasteiger charge is -2.22. The highest BCUT2D eigenvalue weighted by molar-refractivity contribution is 9.10. The Kier molecular flexibility index (Phi) is 7.43. The molecule has 0 spiro atoms. The third kappa shape index (κ3) is 5.94. The van der Waals surface area contributed by atoms with E-state index in [1.807, 2.05) is 78.9 Å². The third-order valence-electron chi connectivity index (χ3n) is 4.45. The average Bonchev–Trinajstić information content (AvgIpc) is 2.77. The quantitative estimate of drug-likeness (QED) is 0.461. The Morgan fingerprint density at radius 3 is 2.31 bits per heavy atom. The van der Waals surface area contributed by atoms with Crippen molar-refractivity contribution in [3.63, 3.8) is 0 Å². The van der Waals surface area contributed by atoms with Crippen LogP contribution in [-0.4, -0.2) is 24.0 Å². The second kappa shape index (κ2) is 10.4. The van der Waals surface area contributed by atoms with Crippen LogP contribution in [0.5, 0.6) is 5.75 Å². The van der Waals surface area contributed by atoms with Gasteiger partial charge in [0, 0.05) is 13.1 Å². The zero-order valence-electron chi connectivity index (χ0n) is 15.9. The van der Waals surface area contributed by atoms with Crippen LogP contribution >= 0.6 is 15.9 Å². The van der Waals surface area contributed by atoms with Crippen LogP contribution in [0.2, 0.25) is 0 Å². The molecule has 4 nitrogen and oxygen atoms in total. The number of carbonyl (C=O) groups excluding carboxylic acids is 1. The molecule has 0 aliphatic carbocycles. The summed E-state index contributed by atoms with van der Waals surface area (Å²) in [6.45, 7) is 0.752. The van der Waals surface area contributed by atoms with E-state index < -0.39 is 0 Å². The van der Waals surface area contributed by atoms with Gasteiger partial charge < -0.3 is 9.64 Å². The first-order chi connectivity index (χ1) is 14.2. The van der Waals surface area contributed by atoms with Gasteiger partial charge in [-0.1, -0.05) is 66.7 Å². The molecule has 5 heteroatoms. The van der Waals surface area contributed by atoms with E-state index in [1.165, 1.54) is 0 Å². The molecule has 29 heavy (non-hydrogen) atoms. The number of hydrogen-bond acceptors (Lipinski definition) is 3. The average molecular weight is 449 g/mol. The van der Waals surface area contributed by atoms with Crippen molar-refractivity contribution >= 4 is 21.8 Å². The van der Waals surface area contributed by atoms with Gasteiger partial charge in [-0.15, -0.1) is 0 Å². The van der Waals surface area contributed by atoms with Gasteiger partial charge >= 0.3 is 0 Å².